The maximum atomic E-state index is 10.8. The Morgan fingerprint density at radius 3 is 3.00 bits per heavy atom. The molecule has 1 fully saturated rings. The third-order valence-corrected chi connectivity index (χ3v) is 1.49. The van der Waals surface area contributed by atoms with Crippen molar-refractivity contribution in [1.82, 2.24) is 10.2 Å². The second-order valence-electron chi connectivity index (χ2n) is 2.26. The highest BCUT2D eigenvalue weighted by atomic mass is 16.2. The van der Waals surface area contributed by atoms with E-state index >= 15 is 0 Å². The molecule has 1 rings (SSSR count). The molecule has 0 aromatic carbocycles. The first-order chi connectivity index (χ1) is 5.24. The lowest BCUT2D eigenvalue weighted by Gasteiger charge is -2.26. The van der Waals surface area contributed by atoms with E-state index in [4.69, 9.17) is 11.6 Å². The first-order valence-corrected chi connectivity index (χ1v) is 3.29. The molecule has 1 aliphatic heterocycles. The molecule has 0 atom stereocenters. The average Bonchev–Trinajstić information content (AvgIpc) is 2.03. The van der Waals surface area contributed by atoms with E-state index in [0.717, 1.165) is 0 Å². The van der Waals surface area contributed by atoms with Gasteiger partial charge in [-0.25, -0.2) is 0 Å². The summed E-state index contributed by atoms with van der Waals surface area (Å²) in [5.74, 6) is 5.09. The Balaban J connectivity index is 2.52. The minimum Gasteiger partial charge on any atom is -0.368 e. The van der Waals surface area contributed by atoms with Crippen molar-refractivity contribution >= 4 is 11.9 Å². The van der Waals surface area contributed by atoms with E-state index in [1.807, 2.05) is 0 Å². The van der Waals surface area contributed by atoms with Gasteiger partial charge in [-0.05, 0) is 0 Å². The van der Waals surface area contributed by atoms with Gasteiger partial charge in [0.2, 0.25) is 11.9 Å². The number of carbonyl (C=O) groups excluding carboxylic acids is 1. The largest absolute Gasteiger partial charge is 0.368 e. The summed E-state index contributed by atoms with van der Waals surface area (Å²) in [6.45, 7) is 1.50. The molecule has 0 aliphatic carbocycles. The van der Waals surface area contributed by atoms with E-state index in [1.165, 1.54) is 0 Å². The minimum absolute atomic E-state index is 0.0529. The fourth-order valence-corrected chi connectivity index (χ4v) is 0.916. The zero-order valence-electron chi connectivity index (χ0n) is 6.08. The average molecular weight is 157 g/mol. The molecule has 11 heavy (non-hydrogen) atoms. The van der Waals surface area contributed by atoms with Gasteiger partial charge in [0.25, 0.3) is 0 Å². The van der Waals surface area contributed by atoms with Crippen LogP contribution in [0.3, 0.4) is 0 Å². The smallest absolute Gasteiger partial charge is 0.239 e. The first kappa shape index (κ1) is 7.64. The van der Waals surface area contributed by atoms with Crippen LogP contribution in [0.25, 0.3) is 0 Å². The van der Waals surface area contributed by atoms with Crippen LogP contribution >= 0.6 is 0 Å². The number of hydrogen-bond acceptors (Lipinski definition) is 3. The maximum Gasteiger partial charge on any atom is 0.239 e. The van der Waals surface area contributed by atoms with Crippen molar-refractivity contribution in [2.75, 3.05) is 19.6 Å². The number of guanidine groups is 1. The van der Waals surface area contributed by atoms with Crippen molar-refractivity contribution in [3.8, 4) is 0 Å². The summed E-state index contributed by atoms with van der Waals surface area (Å²) in [6, 6.07) is 0. The number of nitrogens with zero attached hydrogens (tertiary/aromatic N) is 2. The highest BCUT2D eigenvalue weighted by molar-refractivity contribution is 5.86. The standard InChI is InChI=1S/C5H11N5O/c6-5(9-7)10-2-1-8-4(11)3-10/h1-3,7H2,(H2,6,9)(H,8,11). The predicted molar refractivity (Wildman–Crippen MR) is 40.4 cm³/mol. The normalized spacial score (nSPS) is 19.8. The maximum absolute atomic E-state index is 10.8. The van der Waals surface area contributed by atoms with Crippen LogP contribution in [0.2, 0.25) is 0 Å². The molecule has 1 heterocycles. The molecule has 1 aliphatic rings. The van der Waals surface area contributed by atoms with Crippen LogP contribution < -0.4 is 16.9 Å². The fourth-order valence-electron chi connectivity index (χ4n) is 0.916. The van der Waals surface area contributed by atoms with Gasteiger partial charge in [-0.15, -0.1) is 5.10 Å². The number of amides is 1. The molecule has 6 heteroatoms. The Morgan fingerprint density at radius 2 is 2.45 bits per heavy atom. The number of hydrazone groups is 1. The summed E-state index contributed by atoms with van der Waals surface area (Å²) >= 11 is 0. The van der Waals surface area contributed by atoms with Crippen LogP contribution in [0.1, 0.15) is 0 Å². The molecule has 6 nitrogen and oxygen atoms in total. The van der Waals surface area contributed by atoms with Gasteiger partial charge >= 0.3 is 0 Å². The Kier molecular flexibility index (Phi) is 2.15. The van der Waals surface area contributed by atoms with Crippen LogP contribution in [0.5, 0.6) is 0 Å². The van der Waals surface area contributed by atoms with E-state index in [0.29, 0.717) is 13.1 Å². The van der Waals surface area contributed by atoms with Crippen molar-refractivity contribution in [1.29, 1.82) is 0 Å². The SMILES string of the molecule is NN=C(N)N1CCNC(=O)C1. The van der Waals surface area contributed by atoms with Crippen LogP contribution in [-0.4, -0.2) is 36.4 Å². The molecule has 1 saturated heterocycles. The molecule has 1 amide bonds. The third kappa shape index (κ3) is 1.73. The minimum atomic E-state index is -0.0529. The van der Waals surface area contributed by atoms with Crippen molar-refractivity contribution < 1.29 is 4.79 Å². The quantitative estimate of drug-likeness (QED) is 0.158. The van der Waals surface area contributed by atoms with Gasteiger partial charge in [-0.1, -0.05) is 0 Å². The Labute approximate surface area is 64.2 Å². The summed E-state index contributed by atoms with van der Waals surface area (Å²) in [5, 5.41) is 5.95. The Morgan fingerprint density at radius 1 is 1.73 bits per heavy atom. The van der Waals surface area contributed by atoms with E-state index < -0.39 is 0 Å². The molecule has 0 spiro atoms. The number of rotatable bonds is 0. The molecule has 0 bridgehead atoms. The molecule has 0 saturated carbocycles. The van der Waals surface area contributed by atoms with Crippen molar-refractivity contribution in [3.05, 3.63) is 0 Å². The lowest BCUT2D eigenvalue weighted by Crippen LogP contribution is -2.52. The number of piperazine rings is 1. The second-order valence-corrected chi connectivity index (χ2v) is 2.26. The Hall–Kier alpha value is -1.46. The molecule has 62 valence electrons. The van der Waals surface area contributed by atoms with Crippen LogP contribution in [0.4, 0.5) is 0 Å². The summed E-state index contributed by atoms with van der Waals surface area (Å²) in [4.78, 5) is 12.4. The zero-order valence-corrected chi connectivity index (χ0v) is 6.08. The van der Waals surface area contributed by atoms with Gasteiger partial charge in [0, 0.05) is 13.1 Å². The summed E-state index contributed by atoms with van der Waals surface area (Å²) in [6.07, 6.45) is 0. The third-order valence-electron chi connectivity index (χ3n) is 1.49. The van der Waals surface area contributed by atoms with E-state index in [9.17, 15) is 4.79 Å². The van der Waals surface area contributed by atoms with E-state index in [1.54, 1.807) is 4.90 Å². The van der Waals surface area contributed by atoms with Crippen molar-refractivity contribution in [2.45, 2.75) is 0 Å². The van der Waals surface area contributed by atoms with Gasteiger partial charge in [0.15, 0.2) is 0 Å². The molecular formula is C5H11N5O. The molecule has 0 aromatic rings. The monoisotopic (exact) mass is 157 g/mol. The number of carbonyl (C=O) groups is 1. The molecule has 0 aromatic heterocycles. The molecular weight excluding hydrogens is 146 g/mol. The zero-order chi connectivity index (χ0) is 8.27. The van der Waals surface area contributed by atoms with Gasteiger partial charge < -0.3 is 21.8 Å². The number of nitrogens with one attached hydrogen (secondary N) is 1. The first-order valence-electron chi connectivity index (χ1n) is 3.29. The summed E-state index contributed by atoms with van der Waals surface area (Å²) in [7, 11) is 0. The molecule has 0 unspecified atom stereocenters. The van der Waals surface area contributed by atoms with Gasteiger partial charge in [0.05, 0.1) is 6.54 Å². The molecule has 5 N–H and O–H groups in total. The summed E-state index contributed by atoms with van der Waals surface area (Å²) < 4.78 is 0. The van der Waals surface area contributed by atoms with Gasteiger partial charge in [-0.2, -0.15) is 0 Å². The number of nitrogens with two attached hydrogens (primary N) is 2. The van der Waals surface area contributed by atoms with E-state index in [-0.39, 0.29) is 18.4 Å². The lowest BCUT2D eigenvalue weighted by molar-refractivity contribution is -0.122. The predicted octanol–water partition coefficient (Wildman–Crippen LogP) is -2.39. The second kappa shape index (κ2) is 3.09. The lowest BCUT2D eigenvalue weighted by atomic mass is 10.4. The van der Waals surface area contributed by atoms with Crippen LogP contribution in [-0.2, 0) is 4.79 Å². The van der Waals surface area contributed by atoms with Crippen LogP contribution in [0, 0.1) is 0 Å². The highest BCUT2D eigenvalue weighted by Gasteiger charge is 2.16. The van der Waals surface area contributed by atoms with Gasteiger partial charge in [0.1, 0.15) is 0 Å². The molecule has 0 radical (unpaired) electrons. The Bertz CT molecular complexity index is 189. The highest BCUT2D eigenvalue weighted by Crippen LogP contribution is 1.90. The topological polar surface area (TPSA) is 96.7 Å². The van der Waals surface area contributed by atoms with E-state index in [2.05, 4.69) is 10.4 Å². The van der Waals surface area contributed by atoms with Crippen LogP contribution in [0.15, 0.2) is 5.10 Å². The van der Waals surface area contributed by atoms with Gasteiger partial charge in [-0.3, -0.25) is 4.79 Å². The summed E-state index contributed by atoms with van der Waals surface area (Å²) in [5.41, 5.74) is 5.38. The fraction of sp³-hybridized carbons (Fsp3) is 0.600. The van der Waals surface area contributed by atoms with Crippen molar-refractivity contribution in [3.63, 3.8) is 0 Å². The van der Waals surface area contributed by atoms with Crippen molar-refractivity contribution in [2.24, 2.45) is 16.7 Å². The number of hydrogen-bond donors (Lipinski definition) is 3.